The Morgan fingerprint density at radius 3 is 2.80 bits per heavy atom. The smallest absolute Gasteiger partial charge is 0.0634 e. The van der Waals surface area contributed by atoms with Crippen molar-refractivity contribution >= 4 is 23.2 Å². The topological polar surface area (TPSA) is 24.9 Å². The zero-order valence-electron chi connectivity index (χ0n) is 9.00. The van der Waals surface area contributed by atoms with E-state index >= 15 is 0 Å². The maximum atomic E-state index is 6.11. The fraction of sp³-hybridized carbons (Fsp3) is 0.545. The van der Waals surface area contributed by atoms with Crippen molar-refractivity contribution in [1.29, 1.82) is 0 Å². The number of rotatable bonds is 5. The normalized spacial score (nSPS) is 13.1. The minimum atomic E-state index is 0.158. The van der Waals surface area contributed by atoms with Gasteiger partial charge >= 0.3 is 0 Å². The molecule has 0 amide bonds. The molecule has 0 saturated carbocycles. The summed E-state index contributed by atoms with van der Waals surface area (Å²) < 4.78 is 0. The van der Waals surface area contributed by atoms with Crippen molar-refractivity contribution in [2.24, 2.45) is 5.92 Å². The Labute approximate surface area is 101 Å². The number of aromatic nitrogens is 1. The van der Waals surface area contributed by atoms with E-state index in [-0.39, 0.29) is 5.38 Å². The first-order valence-corrected chi connectivity index (χ1v) is 5.86. The molecule has 1 atom stereocenters. The molecular weight excluding hydrogens is 231 g/mol. The molecule has 0 aromatic carbocycles. The first kappa shape index (κ1) is 12.8. The molecule has 0 bridgehead atoms. The van der Waals surface area contributed by atoms with Gasteiger partial charge in [0, 0.05) is 30.9 Å². The van der Waals surface area contributed by atoms with Crippen LogP contribution in [0.2, 0.25) is 5.02 Å². The minimum Gasteiger partial charge on any atom is -0.311 e. The van der Waals surface area contributed by atoms with E-state index in [1.165, 1.54) is 0 Å². The molecule has 1 rings (SSSR count). The van der Waals surface area contributed by atoms with Crippen LogP contribution in [0.15, 0.2) is 18.5 Å². The van der Waals surface area contributed by atoms with Gasteiger partial charge in [-0.3, -0.25) is 4.98 Å². The summed E-state index contributed by atoms with van der Waals surface area (Å²) >= 11 is 12.1. The molecule has 0 radical (unpaired) electrons. The standard InChI is InChI=1S/C11H16Cl2N2/c1-8(2)10(12)6-15-5-9-3-4-14-7-11(9)13/h3-4,7-8,10,15H,5-6H2,1-2H3. The third-order valence-electron chi connectivity index (χ3n) is 2.23. The van der Waals surface area contributed by atoms with Gasteiger partial charge in [-0.2, -0.15) is 0 Å². The summed E-state index contributed by atoms with van der Waals surface area (Å²) in [5, 5.41) is 4.13. The van der Waals surface area contributed by atoms with Gasteiger partial charge in [-0.05, 0) is 17.5 Å². The van der Waals surface area contributed by atoms with Crippen molar-refractivity contribution in [2.45, 2.75) is 25.8 Å². The van der Waals surface area contributed by atoms with E-state index in [9.17, 15) is 0 Å². The fourth-order valence-electron chi connectivity index (χ4n) is 1.13. The van der Waals surface area contributed by atoms with E-state index in [0.717, 1.165) is 18.7 Å². The first-order valence-electron chi connectivity index (χ1n) is 5.04. The Morgan fingerprint density at radius 2 is 2.20 bits per heavy atom. The van der Waals surface area contributed by atoms with Crippen molar-refractivity contribution in [3.8, 4) is 0 Å². The molecule has 84 valence electrons. The van der Waals surface area contributed by atoms with Crippen LogP contribution < -0.4 is 5.32 Å². The fourth-order valence-corrected chi connectivity index (χ4v) is 1.42. The summed E-state index contributed by atoms with van der Waals surface area (Å²) in [5.41, 5.74) is 1.05. The van der Waals surface area contributed by atoms with E-state index < -0.39 is 0 Å². The zero-order chi connectivity index (χ0) is 11.3. The second-order valence-corrected chi connectivity index (χ2v) is 4.83. The molecule has 15 heavy (non-hydrogen) atoms. The summed E-state index contributed by atoms with van der Waals surface area (Å²) in [4.78, 5) is 3.93. The third kappa shape index (κ3) is 4.37. The maximum absolute atomic E-state index is 6.11. The van der Waals surface area contributed by atoms with Crippen LogP contribution in [-0.2, 0) is 6.54 Å². The second-order valence-electron chi connectivity index (χ2n) is 3.86. The van der Waals surface area contributed by atoms with Crippen LogP contribution in [0.1, 0.15) is 19.4 Å². The Morgan fingerprint density at radius 1 is 1.47 bits per heavy atom. The Hall–Kier alpha value is -0.310. The van der Waals surface area contributed by atoms with Crippen LogP contribution in [0.25, 0.3) is 0 Å². The second kappa shape index (κ2) is 6.31. The predicted octanol–water partition coefficient (Wildman–Crippen LogP) is 3.09. The highest BCUT2D eigenvalue weighted by atomic mass is 35.5. The maximum Gasteiger partial charge on any atom is 0.0634 e. The van der Waals surface area contributed by atoms with Gasteiger partial charge in [-0.1, -0.05) is 25.4 Å². The summed E-state index contributed by atoms with van der Waals surface area (Å²) in [6.07, 6.45) is 3.39. The van der Waals surface area contributed by atoms with E-state index in [1.807, 2.05) is 6.07 Å². The van der Waals surface area contributed by atoms with E-state index in [0.29, 0.717) is 10.9 Å². The minimum absolute atomic E-state index is 0.158. The average Bonchev–Trinajstić information content (AvgIpc) is 2.20. The Balaban J connectivity index is 2.35. The van der Waals surface area contributed by atoms with Crippen LogP contribution in [0.5, 0.6) is 0 Å². The Bertz CT molecular complexity index is 302. The molecule has 1 heterocycles. The van der Waals surface area contributed by atoms with Gasteiger partial charge in [-0.25, -0.2) is 0 Å². The van der Waals surface area contributed by atoms with Gasteiger partial charge in [-0.15, -0.1) is 11.6 Å². The highest BCUT2D eigenvalue weighted by Gasteiger charge is 2.08. The average molecular weight is 247 g/mol. The molecular formula is C11H16Cl2N2. The van der Waals surface area contributed by atoms with Gasteiger partial charge in [0.05, 0.1) is 5.02 Å². The van der Waals surface area contributed by atoms with Crippen molar-refractivity contribution in [3.05, 3.63) is 29.0 Å². The van der Waals surface area contributed by atoms with E-state index in [4.69, 9.17) is 23.2 Å². The lowest BCUT2D eigenvalue weighted by Crippen LogP contribution is -2.26. The molecule has 0 spiro atoms. The SMILES string of the molecule is CC(C)C(Cl)CNCc1ccncc1Cl. The monoisotopic (exact) mass is 246 g/mol. The van der Waals surface area contributed by atoms with Crippen LogP contribution >= 0.6 is 23.2 Å². The van der Waals surface area contributed by atoms with Gasteiger partial charge in [0.2, 0.25) is 0 Å². The number of nitrogens with one attached hydrogen (secondary N) is 1. The molecule has 0 aliphatic carbocycles. The number of alkyl halides is 1. The van der Waals surface area contributed by atoms with Gasteiger partial charge in [0.15, 0.2) is 0 Å². The summed E-state index contributed by atoms with van der Waals surface area (Å²) in [5.74, 6) is 0.479. The van der Waals surface area contributed by atoms with Gasteiger partial charge in [0.25, 0.3) is 0 Å². The molecule has 4 heteroatoms. The molecule has 0 aliphatic rings. The highest BCUT2D eigenvalue weighted by molar-refractivity contribution is 6.31. The van der Waals surface area contributed by atoms with Crippen molar-refractivity contribution in [3.63, 3.8) is 0 Å². The molecule has 1 N–H and O–H groups in total. The predicted molar refractivity (Wildman–Crippen MR) is 65.4 cm³/mol. The molecule has 1 aromatic rings. The van der Waals surface area contributed by atoms with Gasteiger partial charge in [0.1, 0.15) is 0 Å². The quantitative estimate of drug-likeness (QED) is 0.809. The lowest BCUT2D eigenvalue weighted by atomic mass is 10.1. The molecule has 0 saturated heterocycles. The lowest BCUT2D eigenvalue weighted by Gasteiger charge is -2.14. The summed E-state index contributed by atoms with van der Waals surface area (Å²) in [6, 6.07) is 1.91. The molecule has 1 aromatic heterocycles. The molecule has 1 unspecified atom stereocenters. The van der Waals surface area contributed by atoms with Crippen LogP contribution in [0.4, 0.5) is 0 Å². The van der Waals surface area contributed by atoms with Crippen molar-refractivity contribution in [2.75, 3.05) is 6.54 Å². The summed E-state index contributed by atoms with van der Waals surface area (Å²) in [7, 11) is 0. The van der Waals surface area contributed by atoms with Crippen molar-refractivity contribution in [1.82, 2.24) is 10.3 Å². The van der Waals surface area contributed by atoms with Crippen LogP contribution in [0.3, 0.4) is 0 Å². The van der Waals surface area contributed by atoms with Crippen LogP contribution in [-0.4, -0.2) is 16.9 Å². The number of halogens is 2. The molecule has 0 fully saturated rings. The van der Waals surface area contributed by atoms with Crippen molar-refractivity contribution < 1.29 is 0 Å². The van der Waals surface area contributed by atoms with Gasteiger partial charge < -0.3 is 5.32 Å². The van der Waals surface area contributed by atoms with Crippen LogP contribution in [0, 0.1) is 5.92 Å². The number of pyridine rings is 1. The summed E-state index contributed by atoms with van der Waals surface area (Å²) in [6.45, 7) is 5.74. The number of hydrogen-bond donors (Lipinski definition) is 1. The Kier molecular flexibility index (Phi) is 5.37. The van der Waals surface area contributed by atoms with E-state index in [2.05, 4.69) is 24.1 Å². The molecule has 0 aliphatic heterocycles. The highest BCUT2D eigenvalue weighted by Crippen LogP contribution is 2.13. The largest absolute Gasteiger partial charge is 0.311 e. The van der Waals surface area contributed by atoms with E-state index in [1.54, 1.807) is 12.4 Å². The lowest BCUT2D eigenvalue weighted by molar-refractivity contribution is 0.546. The molecule has 2 nitrogen and oxygen atoms in total. The third-order valence-corrected chi connectivity index (χ3v) is 3.23. The number of hydrogen-bond acceptors (Lipinski definition) is 2. The number of nitrogens with zero attached hydrogens (tertiary/aromatic N) is 1. The zero-order valence-corrected chi connectivity index (χ0v) is 10.5. The first-order chi connectivity index (χ1) is 7.11.